The van der Waals surface area contributed by atoms with Gasteiger partial charge in [-0.25, -0.2) is 4.39 Å². The molecule has 2 aromatic rings. The minimum Gasteiger partial charge on any atom is -0.493 e. The highest BCUT2D eigenvalue weighted by atomic mass is 79.9. The van der Waals surface area contributed by atoms with Crippen molar-refractivity contribution in [2.45, 2.75) is 12.5 Å². The van der Waals surface area contributed by atoms with Crippen molar-refractivity contribution in [2.75, 3.05) is 11.9 Å². The summed E-state index contributed by atoms with van der Waals surface area (Å²) in [6, 6.07) is 10.4. The molecule has 2 nitrogen and oxygen atoms in total. The molecule has 0 saturated heterocycles. The van der Waals surface area contributed by atoms with E-state index in [0.717, 1.165) is 22.2 Å². The predicted molar refractivity (Wildman–Crippen MR) is 82.0 cm³/mol. The van der Waals surface area contributed by atoms with Crippen molar-refractivity contribution in [1.29, 1.82) is 0 Å². The first-order valence-corrected chi connectivity index (χ1v) is 7.44. The summed E-state index contributed by atoms with van der Waals surface area (Å²) < 4.78 is 20.4. The Morgan fingerprint density at radius 3 is 2.95 bits per heavy atom. The minimum absolute atomic E-state index is 0.00390. The van der Waals surface area contributed by atoms with Gasteiger partial charge in [0.2, 0.25) is 0 Å². The molecule has 0 saturated carbocycles. The van der Waals surface area contributed by atoms with Gasteiger partial charge in [-0.1, -0.05) is 27.5 Å². The maximum Gasteiger partial charge on any atom is 0.146 e. The van der Waals surface area contributed by atoms with Crippen molar-refractivity contribution in [3.8, 4) is 5.75 Å². The van der Waals surface area contributed by atoms with Crippen LogP contribution < -0.4 is 10.1 Å². The lowest BCUT2D eigenvalue weighted by atomic mass is 10.0. The van der Waals surface area contributed by atoms with Gasteiger partial charge in [0.05, 0.1) is 18.3 Å². The van der Waals surface area contributed by atoms with E-state index in [-0.39, 0.29) is 11.9 Å². The normalized spacial score (nSPS) is 17.2. The number of halogens is 3. The van der Waals surface area contributed by atoms with Crippen molar-refractivity contribution in [3.63, 3.8) is 0 Å². The van der Waals surface area contributed by atoms with Crippen molar-refractivity contribution in [3.05, 3.63) is 57.3 Å². The molecule has 20 heavy (non-hydrogen) atoms. The highest BCUT2D eigenvalue weighted by Crippen LogP contribution is 2.36. The third-order valence-corrected chi connectivity index (χ3v) is 4.00. The van der Waals surface area contributed by atoms with E-state index in [0.29, 0.717) is 17.3 Å². The van der Waals surface area contributed by atoms with Gasteiger partial charge in [0.25, 0.3) is 0 Å². The molecule has 1 atom stereocenters. The van der Waals surface area contributed by atoms with Crippen LogP contribution in [-0.2, 0) is 0 Å². The Hall–Kier alpha value is -1.26. The van der Waals surface area contributed by atoms with Crippen LogP contribution in [0.2, 0.25) is 5.02 Å². The molecule has 1 unspecified atom stereocenters. The van der Waals surface area contributed by atoms with Gasteiger partial charge >= 0.3 is 0 Å². The molecule has 2 aromatic carbocycles. The smallest absolute Gasteiger partial charge is 0.146 e. The second-order valence-electron chi connectivity index (χ2n) is 4.64. The van der Waals surface area contributed by atoms with Crippen LogP contribution in [0.3, 0.4) is 0 Å². The lowest BCUT2D eigenvalue weighted by Crippen LogP contribution is -2.20. The second kappa shape index (κ2) is 5.62. The number of anilines is 1. The van der Waals surface area contributed by atoms with E-state index in [2.05, 4.69) is 21.2 Å². The van der Waals surface area contributed by atoms with Crippen molar-refractivity contribution < 1.29 is 9.13 Å². The fourth-order valence-corrected chi connectivity index (χ4v) is 2.86. The summed E-state index contributed by atoms with van der Waals surface area (Å²) in [6.07, 6.45) is 0.773. The SMILES string of the molecule is Fc1ccc(Cl)cc1NC1CCOc2ccc(Br)cc21. The summed E-state index contributed by atoms with van der Waals surface area (Å²) in [7, 11) is 0. The van der Waals surface area contributed by atoms with Gasteiger partial charge in [-0.15, -0.1) is 0 Å². The van der Waals surface area contributed by atoms with Gasteiger partial charge in [-0.05, 0) is 36.4 Å². The lowest BCUT2D eigenvalue weighted by molar-refractivity contribution is 0.274. The lowest BCUT2D eigenvalue weighted by Gasteiger charge is -2.28. The Balaban J connectivity index is 1.93. The Morgan fingerprint density at radius 2 is 2.10 bits per heavy atom. The van der Waals surface area contributed by atoms with Gasteiger partial charge in [-0.3, -0.25) is 0 Å². The second-order valence-corrected chi connectivity index (χ2v) is 5.99. The standard InChI is InChI=1S/C15H12BrClFNO/c16-9-1-4-15-11(7-9)13(5-6-20-15)19-14-8-10(17)2-3-12(14)18/h1-4,7-8,13,19H,5-6H2. The van der Waals surface area contributed by atoms with Crippen molar-refractivity contribution in [2.24, 2.45) is 0 Å². The van der Waals surface area contributed by atoms with Crippen LogP contribution in [0.25, 0.3) is 0 Å². The monoisotopic (exact) mass is 355 g/mol. The number of benzene rings is 2. The molecular weight excluding hydrogens is 345 g/mol. The maximum absolute atomic E-state index is 13.8. The van der Waals surface area contributed by atoms with E-state index in [1.807, 2.05) is 18.2 Å². The van der Waals surface area contributed by atoms with Crippen LogP contribution in [0, 0.1) is 5.82 Å². The molecule has 0 fully saturated rings. The zero-order valence-corrected chi connectivity index (χ0v) is 12.8. The van der Waals surface area contributed by atoms with Crippen LogP contribution in [0.15, 0.2) is 40.9 Å². The average molecular weight is 357 g/mol. The fraction of sp³-hybridized carbons (Fsp3) is 0.200. The van der Waals surface area contributed by atoms with Gasteiger partial charge in [0.15, 0.2) is 0 Å². The average Bonchev–Trinajstić information content (AvgIpc) is 2.43. The molecule has 0 aromatic heterocycles. The number of rotatable bonds is 2. The van der Waals surface area contributed by atoms with E-state index in [4.69, 9.17) is 16.3 Å². The first kappa shape index (κ1) is 13.7. The van der Waals surface area contributed by atoms with Crippen LogP contribution in [0.5, 0.6) is 5.75 Å². The number of fused-ring (bicyclic) bond motifs is 1. The third-order valence-electron chi connectivity index (χ3n) is 3.27. The summed E-state index contributed by atoms with van der Waals surface area (Å²) in [4.78, 5) is 0. The summed E-state index contributed by atoms with van der Waals surface area (Å²) in [6.45, 7) is 0.606. The maximum atomic E-state index is 13.8. The molecule has 0 spiro atoms. The van der Waals surface area contributed by atoms with Gasteiger partial charge < -0.3 is 10.1 Å². The molecule has 1 aliphatic rings. The minimum atomic E-state index is -0.308. The highest BCUT2D eigenvalue weighted by molar-refractivity contribution is 9.10. The number of ether oxygens (including phenoxy) is 1. The molecule has 104 valence electrons. The molecule has 1 heterocycles. The summed E-state index contributed by atoms with van der Waals surface area (Å²) >= 11 is 9.37. The van der Waals surface area contributed by atoms with Crippen LogP contribution in [-0.4, -0.2) is 6.61 Å². The van der Waals surface area contributed by atoms with Crippen LogP contribution in [0.4, 0.5) is 10.1 Å². The van der Waals surface area contributed by atoms with Gasteiger partial charge in [0.1, 0.15) is 11.6 Å². The number of hydrogen-bond acceptors (Lipinski definition) is 2. The summed E-state index contributed by atoms with van der Waals surface area (Å²) in [5.41, 5.74) is 1.43. The first-order chi connectivity index (χ1) is 9.63. The van der Waals surface area contributed by atoms with E-state index < -0.39 is 0 Å². The summed E-state index contributed by atoms with van der Waals surface area (Å²) in [5.74, 6) is 0.525. The molecule has 0 bridgehead atoms. The predicted octanol–water partition coefficient (Wildman–Crippen LogP) is 5.18. The molecule has 1 aliphatic heterocycles. The third kappa shape index (κ3) is 2.76. The van der Waals surface area contributed by atoms with Gasteiger partial charge in [-0.2, -0.15) is 0 Å². The molecule has 5 heteroatoms. The Bertz CT molecular complexity index is 650. The zero-order valence-electron chi connectivity index (χ0n) is 10.5. The Labute approximate surface area is 130 Å². The molecule has 0 amide bonds. The largest absolute Gasteiger partial charge is 0.493 e. The zero-order chi connectivity index (χ0) is 14.1. The Kier molecular flexibility index (Phi) is 3.85. The number of hydrogen-bond donors (Lipinski definition) is 1. The highest BCUT2D eigenvalue weighted by Gasteiger charge is 2.22. The number of nitrogens with one attached hydrogen (secondary N) is 1. The molecule has 0 radical (unpaired) electrons. The van der Waals surface area contributed by atoms with E-state index in [1.165, 1.54) is 12.1 Å². The fourth-order valence-electron chi connectivity index (χ4n) is 2.31. The molecule has 0 aliphatic carbocycles. The van der Waals surface area contributed by atoms with E-state index in [9.17, 15) is 4.39 Å². The topological polar surface area (TPSA) is 21.3 Å². The van der Waals surface area contributed by atoms with E-state index in [1.54, 1.807) is 6.07 Å². The molecule has 1 N–H and O–H groups in total. The van der Waals surface area contributed by atoms with Crippen LogP contribution in [0.1, 0.15) is 18.0 Å². The summed E-state index contributed by atoms with van der Waals surface area (Å²) in [5, 5.41) is 3.72. The molecular formula is C15H12BrClFNO. The molecule has 3 rings (SSSR count). The van der Waals surface area contributed by atoms with Crippen LogP contribution >= 0.6 is 27.5 Å². The first-order valence-electron chi connectivity index (χ1n) is 6.27. The van der Waals surface area contributed by atoms with Crippen molar-refractivity contribution >= 4 is 33.2 Å². The Morgan fingerprint density at radius 1 is 1.25 bits per heavy atom. The van der Waals surface area contributed by atoms with Gasteiger partial charge in [0, 0.05) is 21.5 Å². The quantitative estimate of drug-likeness (QED) is 0.801. The van der Waals surface area contributed by atoms with E-state index >= 15 is 0 Å². The van der Waals surface area contributed by atoms with Crippen molar-refractivity contribution in [1.82, 2.24) is 0 Å².